The molecule has 0 spiro atoms. The van der Waals surface area contributed by atoms with E-state index in [1.807, 2.05) is 35.9 Å². The predicted molar refractivity (Wildman–Crippen MR) is 84.2 cm³/mol. The Bertz CT molecular complexity index is 760. The quantitative estimate of drug-likeness (QED) is 0.747. The van der Waals surface area contributed by atoms with Gasteiger partial charge >= 0.3 is 5.95 Å². The monoisotopic (exact) mass is 282 g/mol. The number of anilines is 1. The molecule has 0 bridgehead atoms. The van der Waals surface area contributed by atoms with Gasteiger partial charge in [0.05, 0.1) is 7.05 Å². The van der Waals surface area contributed by atoms with Gasteiger partial charge in [0.2, 0.25) is 0 Å². The van der Waals surface area contributed by atoms with Crippen LogP contribution in [0.25, 0.3) is 11.0 Å². The van der Waals surface area contributed by atoms with Crippen molar-refractivity contribution in [2.24, 2.45) is 7.05 Å². The average molecular weight is 282 g/mol. The van der Waals surface area contributed by atoms with E-state index in [9.17, 15) is 0 Å². The van der Waals surface area contributed by atoms with Crippen LogP contribution in [0.4, 0.5) is 5.95 Å². The maximum atomic E-state index is 6.19. The van der Waals surface area contributed by atoms with E-state index in [-0.39, 0.29) is 0 Å². The molecule has 1 heterocycles. The molecular formula is C17H20N3O+. The van der Waals surface area contributed by atoms with E-state index in [0.717, 1.165) is 29.3 Å². The summed E-state index contributed by atoms with van der Waals surface area (Å²) >= 11 is 0. The van der Waals surface area contributed by atoms with Crippen LogP contribution < -0.4 is 15.0 Å². The Balaban J connectivity index is 1.76. The van der Waals surface area contributed by atoms with Gasteiger partial charge in [0, 0.05) is 0 Å². The molecule has 0 saturated carbocycles. The molecule has 2 N–H and O–H groups in total. The van der Waals surface area contributed by atoms with Crippen LogP contribution in [0.2, 0.25) is 0 Å². The molecule has 21 heavy (non-hydrogen) atoms. The molecule has 0 atom stereocenters. The van der Waals surface area contributed by atoms with Gasteiger partial charge in [-0.15, -0.1) is 0 Å². The lowest BCUT2D eigenvalue weighted by Crippen LogP contribution is -2.31. The number of rotatable bonds is 4. The molecule has 0 aliphatic heterocycles. The van der Waals surface area contributed by atoms with E-state index in [0.29, 0.717) is 6.61 Å². The number of hydrogen-bond acceptors (Lipinski definition) is 2. The van der Waals surface area contributed by atoms with Crippen molar-refractivity contribution in [3.63, 3.8) is 0 Å². The Morgan fingerprint density at radius 3 is 2.57 bits per heavy atom. The average Bonchev–Trinajstić information content (AvgIpc) is 2.75. The zero-order valence-electron chi connectivity index (χ0n) is 12.4. The molecular weight excluding hydrogens is 262 g/mol. The SMILES string of the molecule is Cc1ccc(OCCn2c(N)[n+](C)c3ccccc32)cc1. The standard InChI is InChI=1S/C17H19N3O/c1-13-7-9-14(10-8-13)21-12-11-20-16-6-4-3-5-15(16)19(2)17(20)18/h3-10,18H,11-12H2,1-2H3/p+1. The fourth-order valence-electron chi connectivity index (χ4n) is 2.53. The van der Waals surface area contributed by atoms with Crippen molar-refractivity contribution < 1.29 is 9.30 Å². The summed E-state index contributed by atoms with van der Waals surface area (Å²) in [5.74, 6) is 1.63. The Morgan fingerprint density at radius 2 is 1.81 bits per heavy atom. The van der Waals surface area contributed by atoms with Gasteiger partial charge in [-0.05, 0) is 31.2 Å². The minimum absolute atomic E-state index is 0.589. The number of para-hydroxylation sites is 2. The van der Waals surface area contributed by atoms with Crippen molar-refractivity contribution in [1.82, 2.24) is 4.57 Å². The Morgan fingerprint density at radius 1 is 1.10 bits per heavy atom. The molecule has 0 amide bonds. The number of hydrogen-bond donors (Lipinski definition) is 1. The number of nitrogens with two attached hydrogens (primary N) is 1. The number of nitrogens with zero attached hydrogens (tertiary/aromatic N) is 2. The lowest BCUT2D eigenvalue weighted by atomic mass is 10.2. The van der Waals surface area contributed by atoms with Crippen LogP contribution in [0.1, 0.15) is 5.56 Å². The first-order valence-electron chi connectivity index (χ1n) is 7.09. The van der Waals surface area contributed by atoms with Gasteiger partial charge in [-0.2, -0.15) is 0 Å². The molecule has 0 aliphatic carbocycles. The van der Waals surface area contributed by atoms with Crippen molar-refractivity contribution in [2.45, 2.75) is 13.5 Å². The maximum Gasteiger partial charge on any atom is 0.355 e. The normalized spacial score (nSPS) is 11.0. The summed E-state index contributed by atoms with van der Waals surface area (Å²) < 4.78 is 9.88. The van der Waals surface area contributed by atoms with Crippen LogP contribution in [-0.4, -0.2) is 11.2 Å². The highest BCUT2D eigenvalue weighted by Gasteiger charge is 2.17. The molecule has 2 aromatic carbocycles. The largest absolute Gasteiger partial charge is 0.490 e. The third kappa shape index (κ3) is 2.57. The smallest absolute Gasteiger partial charge is 0.355 e. The fourth-order valence-corrected chi connectivity index (χ4v) is 2.53. The zero-order chi connectivity index (χ0) is 14.8. The van der Waals surface area contributed by atoms with Crippen LogP contribution in [0.3, 0.4) is 0 Å². The molecule has 108 valence electrons. The molecule has 0 aliphatic rings. The highest BCUT2D eigenvalue weighted by Crippen LogP contribution is 2.16. The van der Waals surface area contributed by atoms with Gasteiger partial charge in [0.15, 0.2) is 0 Å². The molecule has 0 radical (unpaired) electrons. The lowest BCUT2D eigenvalue weighted by molar-refractivity contribution is -0.630. The predicted octanol–water partition coefficient (Wildman–Crippen LogP) is 2.44. The Labute approximate surface area is 124 Å². The van der Waals surface area contributed by atoms with Crippen molar-refractivity contribution in [2.75, 3.05) is 12.3 Å². The van der Waals surface area contributed by atoms with Gasteiger partial charge in [0.25, 0.3) is 0 Å². The number of fused-ring (bicyclic) bond motifs is 1. The second-order valence-electron chi connectivity index (χ2n) is 5.22. The number of nitrogen functional groups attached to an aromatic ring is 1. The first kappa shape index (κ1) is 13.5. The number of aromatic nitrogens is 2. The van der Waals surface area contributed by atoms with Crippen LogP contribution in [0.5, 0.6) is 5.75 Å². The van der Waals surface area contributed by atoms with Crippen molar-refractivity contribution in [1.29, 1.82) is 0 Å². The first-order chi connectivity index (χ1) is 10.2. The summed E-state index contributed by atoms with van der Waals surface area (Å²) in [5.41, 5.74) is 9.68. The summed E-state index contributed by atoms with van der Waals surface area (Å²) in [4.78, 5) is 0. The molecule has 1 aromatic heterocycles. The minimum atomic E-state index is 0.589. The second kappa shape index (κ2) is 5.48. The van der Waals surface area contributed by atoms with Crippen molar-refractivity contribution >= 4 is 17.0 Å². The van der Waals surface area contributed by atoms with E-state index in [4.69, 9.17) is 10.5 Å². The summed E-state index contributed by atoms with van der Waals surface area (Å²) in [6.07, 6.45) is 0. The fraction of sp³-hybridized carbons (Fsp3) is 0.235. The highest BCUT2D eigenvalue weighted by atomic mass is 16.5. The van der Waals surface area contributed by atoms with Gasteiger partial charge in [0.1, 0.15) is 29.9 Å². The number of benzene rings is 2. The Kier molecular flexibility index (Phi) is 3.52. The van der Waals surface area contributed by atoms with Gasteiger partial charge < -0.3 is 4.74 Å². The Hall–Kier alpha value is -2.49. The highest BCUT2D eigenvalue weighted by molar-refractivity contribution is 5.73. The summed E-state index contributed by atoms with van der Waals surface area (Å²) in [7, 11) is 1.98. The molecule has 0 fully saturated rings. The van der Waals surface area contributed by atoms with Gasteiger partial charge in [-0.1, -0.05) is 29.8 Å². The van der Waals surface area contributed by atoms with Gasteiger partial charge in [-0.25, -0.2) is 9.13 Å². The molecule has 0 unspecified atom stereocenters. The zero-order valence-corrected chi connectivity index (χ0v) is 12.4. The van der Waals surface area contributed by atoms with E-state index >= 15 is 0 Å². The first-order valence-corrected chi connectivity index (χ1v) is 7.09. The topological polar surface area (TPSA) is 44.1 Å². The summed E-state index contributed by atoms with van der Waals surface area (Å²) in [6, 6.07) is 16.3. The van der Waals surface area contributed by atoms with E-state index in [2.05, 4.69) is 35.8 Å². The number of imidazole rings is 1. The van der Waals surface area contributed by atoms with E-state index in [1.54, 1.807) is 0 Å². The third-order valence-electron chi connectivity index (χ3n) is 3.76. The number of aryl methyl sites for hydroxylation is 2. The van der Waals surface area contributed by atoms with E-state index in [1.165, 1.54) is 5.56 Å². The number of ether oxygens (including phenoxy) is 1. The van der Waals surface area contributed by atoms with Crippen molar-refractivity contribution in [3.05, 3.63) is 54.1 Å². The molecule has 4 nitrogen and oxygen atoms in total. The lowest BCUT2D eigenvalue weighted by Gasteiger charge is -2.06. The van der Waals surface area contributed by atoms with Crippen LogP contribution in [0.15, 0.2) is 48.5 Å². The molecule has 4 heteroatoms. The van der Waals surface area contributed by atoms with Crippen molar-refractivity contribution in [3.8, 4) is 5.75 Å². The molecule has 3 aromatic rings. The van der Waals surface area contributed by atoms with Gasteiger partial charge in [-0.3, -0.25) is 5.73 Å². The summed E-state index contributed by atoms with van der Waals surface area (Å²) in [6.45, 7) is 3.38. The van der Waals surface area contributed by atoms with E-state index < -0.39 is 0 Å². The van der Waals surface area contributed by atoms with Crippen LogP contribution in [-0.2, 0) is 13.6 Å². The van der Waals surface area contributed by atoms with Crippen LogP contribution in [0, 0.1) is 6.92 Å². The molecule has 3 rings (SSSR count). The second-order valence-corrected chi connectivity index (χ2v) is 5.22. The minimum Gasteiger partial charge on any atom is -0.490 e. The summed E-state index contributed by atoms with van der Waals surface area (Å²) in [5, 5.41) is 0. The maximum absolute atomic E-state index is 6.19. The molecule has 0 saturated heterocycles. The third-order valence-corrected chi connectivity index (χ3v) is 3.76. The van der Waals surface area contributed by atoms with Crippen LogP contribution >= 0.6 is 0 Å².